The van der Waals surface area contributed by atoms with E-state index in [1.54, 1.807) is 38.1 Å². The fraction of sp³-hybridized carbons (Fsp3) is 0.300. The molecule has 2 aromatic carbocycles. The average molecular weight is 341 g/mol. The van der Waals surface area contributed by atoms with Crippen LogP contribution in [0.4, 0.5) is 5.69 Å². The molecule has 132 valence electrons. The topological polar surface area (TPSA) is 64.6 Å². The van der Waals surface area contributed by atoms with Crippen molar-refractivity contribution in [1.82, 2.24) is 0 Å². The van der Waals surface area contributed by atoms with Crippen LogP contribution in [-0.2, 0) is 9.53 Å². The van der Waals surface area contributed by atoms with E-state index in [1.165, 1.54) is 0 Å². The van der Waals surface area contributed by atoms with Gasteiger partial charge in [0.1, 0.15) is 5.75 Å². The molecule has 0 bridgehead atoms. The Morgan fingerprint density at radius 2 is 1.72 bits per heavy atom. The summed E-state index contributed by atoms with van der Waals surface area (Å²) in [6.07, 6.45) is -0.174. The van der Waals surface area contributed by atoms with Crippen LogP contribution in [0.1, 0.15) is 35.3 Å². The maximum absolute atomic E-state index is 12.4. The summed E-state index contributed by atoms with van der Waals surface area (Å²) in [7, 11) is 0. The van der Waals surface area contributed by atoms with Gasteiger partial charge in [-0.25, -0.2) is 4.79 Å². The van der Waals surface area contributed by atoms with Crippen LogP contribution >= 0.6 is 0 Å². The predicted octanol–water partition coefficient (Wildman–Crippen LogP) is 3.89. The predicted molar refractivity (Wildman–Crippen MR) is 97.0 cm³/mol. The van der Waals surface area contributed by atoms with Crippen LogP contribution in [0.25, 0.3) is 0 Å². The lowest BCUT2D eigenvalue weighted by Crippen LogP contribution is -2.18. The summed E-state index contributed by atoms with van der Waals surface area (Å²) in [4.78, 5) is 23.8. The maximum Gasteiger partial charge on any atom is 0.344 e. The molecule has 2 aromatic rings. The van der Waals surface area contributed by atoms with Gasteiger partial charge in [0.05, 0.1) is 6.10 Å². The van der Waals surface area contributed by atoms with Gasteiger partial charge in [-0.2, -0.15) is 0 Å². The highest BCUT2D eigenvalue weighted by Crippen LogP contribution is 2.19. The van der Waals surface area contributed by atoms with E-state index in [2.05, 4.69) is 5.32 Å². The molecular formula is C20H23NO4. The zero-order valence-electron chi connectivity index (χ0n) is 15.0. The summed E-state index contributed by atoms with van der Waals surface area (Å²) in [6.45, 7) is 7.37. The van der Waals surface area contributed by atoms with Crippen LogP contribution in [0.3, 0.4) is 0 Å². The number of carbonyl (C=O) groups is 2. The summed E-state index contributed by atoms with van der Waals surface area (Å²) < 4.78 is 10.3. The van der Waals surface area contributed by atoms with E-state index in [0.717, 1.165) is 16.8 Å². The first-order valence-corrected chi connectivity index (χ1v) is 8.16. The minimum absolute atomic E-state index is 0.161. The van der Waals surface area contributed by atoms with Crippen LogP contribution in [-0.4, -0.2) is 24.6 Å². The number of rotatable bonds is 6. The largest absolute Gasteiger partial charge is 0.482 e. The normalized spacial score (nSPS) is 10.4. The molecular weight excluding hydrogens is 318 g/mol. The molecule has 0 aliphatic rings. The van der Waals surface area contributed by atoms with Crippen molar-refractivity contribution in [3.63, 3.8) is 0 Å². The van der Waals surface area contributed by atoms with Crippen molar-refractivity contribution in [2.75, 3.05) is 11.9 Å². The number of ether oxygens (including phenoxy) is 2. The molecule has 25 heavy (non-hydrogen) atoms. The zero-order valence-corrected chi connectivity index (χ0v) is 15.0. The Bertz CT molecular complexity index is 751. The van der Waals surface area contributed by atoms with E-state index in [0.29, 0.717) is 11.3 Å². The van der Waals surface area contributed by atoms with Crippen LogP contribution in [0.2, 0.25) is 0 Å². The van der Waals surface area contributed by atoms with Crippen LogP contribution in [0.5, 0.6) is 5.75 Å². The van der Waals surface area contributed by atoms with Crippen molar-refractivity contribution in [1.29, 1.82) is 0 Å². The number of hydrogen-bond donors (Lipinski definition) is 1. The van der Waals surface area contributed by atoms with Crippen LogP contribution < -0.4 is 10.1 Å². The molecule has 0 aliphatic heterocycles. The molecule has 0 atom stereocenters. The Balaban J connectivity index is 1.96. The molecule has 0 aliphatic carbocycles. The van der Waals surface area contributed by atoms with E-state index in [9.17, 15) is 9.59 Å². The molecule has 5 nitrogen and oxygen atoms in total. The smallest absolute Gasteiger partial charge is 0.344 e. The third-order valence-corrected chi connectivity index (χ3v) is 3.69. The molecule has 1 amide bonds. The molecule has 0 spiro atoms. The standard InChI is InChI=1S/C20H23NO4/c1-13(2)25-19(22)12-24-17-10-8-16(9-11-17)20(23)21-18-7-5-6-14(3)15(18)4/h5-11,13H,12H2,1-4H3,(H,21,23). The Labute approximate surface area is 148 Å². The number of hydrogen-bond acceptors (Lipinski definition) is 4. The second-order valence-electron chi connectivity index (χ2n) is 6.05. The van der Waals surface area contributed by atoms with Crippen molar-refractivity contribution in [3.8, 4) is 5.75 Å². The van der Waals surface area contributed by atoms with Gasteiger partial charge >= 0.3 is 5.97 Å². The number of nitrogens with one attached hydrogen (secondary N) is 1. The van der Waals surface area contributed by atoms with E-state index in [4.69, 9.17) is 9.47 Å². The lowest BCUT2D eigenvalue weighted by atomic mass is 10.1. The van der Waals surface area contributed by atoms with E-state index < -0.39 is 5.97 Å². The first-order chi connectivity index (χ1) is 11.9. The van der Waals surface area contributed by atoms with Gasteiger partial charge in [-0.15, -0.1) is 0 Å². The quantitative estimate of drug-likeness (QED) is 0.810. The van der Waals surface area contributed by atoms with E-state index in [-0.39, 0.29) is 18.6 Å². The van der Waals surface area contributed by atoms with Crippen molar-refractivity contribution >= 4 is 17.6 Å². The lowest BCUT2D eigenvalue weighted by molar-refractivity contribution is -0.149. The summed E-state index contributed by atoms with van der Waals surface area (Å²) in [5.74, 6) is -0.116. The highest BCUT2D eigenvalue weighted by molar-refractivity contribution is 6.04. The summed E-state index contributed by atoms with van der Waals surface area (Å²) in [5.41, 5.74) is 3.47. The third-order valence-electron chi connectivity index (χ3n) is 3.69. The molecule has 1 N–H and O–H groups in total. The highest BCUT2D eigenvalue weighted by Gasteiger charge is 2.10. The molecule has 0 fully saturated rings. The lowest BCUT2D eigenvalue weighted by Gasteiger charge is -2.11. The van der Waals surface area contributed by atoms with Gasteiger partial charge < -0.3 is 14.8 Å². The van der Waals surface area contributed by atoms with Crippen molar-refractivity contribution in [2.24, 2.45) is 0 Å². The SMILES string of the molecule is Cc1cccc(NC(=O)c2ccc(OCC(=O)OC(C)C)cc2)c1C. The molecule has 0 saturated heterocycles. The number of esters is 1. The van der Waals surface area contributed by atoms with Crippen LogP contribution in [0.15, 0.2) is 42.5 Å². The fourth-order valence-electron chi connectivity index (χ4n) is 2.22. The van der Waals surface area contributed by atoms with Gasteiger partial charge in [0, 0.05) is 11.3 Å². The van der Waals surface area contributed by atoms with Gasteiger partial charge in [-0.05, 0) is 69.2 Å². The van der Waals surface area contributed by atoms with Crippen molar-refractivity contribution in [3.05, 3.63) is 59.2 Å². The molecule has 5 heteroatoms. The van der Waals surface area contributed by atoms with Gasteiger partial charge in [-0.1, -0.05) is 12.1 Å². The van der Waals surface area contributed by atoms with Gasteiger partial charge in [-0.3, -0.25) is 4.79 Å². The monoisotopic (exact) mass is 341 g/mol. The van der Waals surface area contributed by atoms with Gasteiger partial charge in [0.25, 0.3) is 5.91 Å². The third kappa shape index (κ3) is 5.35. The number of aryl methyl sites for hydroxylation is 1. The summed E-state index contributed by atoms with van der Waals surface area (Å²) >= 11 is 0. The fourth-order valence-corrected chi connectivity index (χ4v) is 2.22. The van der Waals surface area contributed by atoms with E-state index in [1.807, 2.05) is 32.0 Å². The molecule has 2 rings (SSSR count). The summed E-state index contributed by atoms with van der Waals surface area (Å²) in [6, 6.07) is 12.4. The Morgan fingerprint density at radius 1 is 1.04 bits per heavy atom. The Morgan fingerprint density at radius 3 is 2.36 bits per heavy atom. The number of amides is 1. The minimum Gasteiger partial charge on any atom is -0.482 e. The van der Waals surface area contributed by atoms with Gasteiger partial charge in [0.2, 0.25) is 0 Å². The molecule has 0 aromatic heterocycles. The minimum atomic E-state index is -0.424. The molecule has 0 radical (unpaired) electrons. The molecule has 0 heterocycles. The first kappa shape index (κ1) is 18.5. The van der Waals surface area contributed by atoms with Crippen molar-refractivity contribution < 1.29 is 19.1 Å². The number of anilines is 1. The highest BCUT2D eigenvalue weighted by atomic mass is 16.6. The molecule has 0 unspecified atom stereocenters. The van der Waals surface area contributed by atoms with Crippen molar-refractivity contribution in [2.45, 2.75) is 33.8 Å². The second kappa shape index (κ2) is 8.33. The van der Waals surface area contributed by atoms with E-state index >= 15 is 0 Å². The number of carbonyl (C=O) groups excluding carboxylic acids is 2. The maximum atomic E-state index is 12.4. The Hall–Kier alpha value is -2.82. The first-order valence-electron chi connectivity index (χ1n) is 8.16. The zero-order chi connectivity index (χ0) is 18.4. The number of benzene rings is 2. The molecule has 0 saturated carbocycles. The second-order valence-corrected chi connectivity index (χ2v) is 6.05. The average Bonchev–Trinajstić information content (AvgIpc) is 2.57. The Kier molecular flexibility index (Phi) is 6.17. The van der Waals surface area contributed by atoms with Crippen LogP contribution in [0, 0.1) is 13.8 Å². The summed E-state index contributed by atoms with van der Waals surface area (Å²) in [5, 5.41) is 2.90. The van der Waals surface area contributed by atoms with Gasteiger partial charge in [0.15, 0.2) is 6.61 Å².